The number of hydrogen-bond donors (Lipinski definition) is 1. The molecule has 0 fully saturated rings. The molecule has 2 aromatic rings. The van der Waals surface area contributed by atoms with E-state index in [1.165, 1.54) is 0 Å². The van der Waals surface area contributed by atoms with Gasteiger partial charge in [-0.1, -0.05) is 12.1 Å². The zero-order valence-electron chi connectivity index (χ0n) is 11.1. The van der Waals surface area contributed by atoms with Crippen molar-refractivity contribution in [2.75, 3.05) is 20.3 Å². The second-order valence-corrected chi connectivity index (χ2v) is 4.22. The topological polar surface area (TPSA) is 47.3 Å². The second kappa shape index (κ2) is 6.45. The summed E-state index contributed by atoms with van der Waals surface area (Å²) >= 11 is 0. The molecule has 0 radical (unpaired) electrons. The van der Waals surface area contributed by atoms with Crippen LogP contribution in [-0.4, -0.2) is 25.2 Å². The SMILES string of the molecule is COCCNCc1ncc(-c2cccc(C)c2F)o1. The molecule has 1 aromatic carbocycles. The van der Waals surface area contributed by atoms with Crippen LogP contribution >= 0.6 is 0 Å². The minimum atomic E-state index is -0.266. The van der Waals surface area contributed by atoms with Crippen LogP contribution in [0.5, 0.6) is 0 Å². The number of aromatic nitrogens is 1. The smallest absolute Gasteiger partial charge is 0.208 e. The van der Waals surface area contributed by atoms with E-state index < -0.39 is 0 Å². The molecule has 1 aromatic heterocycles. The van der Waals surface area contributed by atoms with Crippen LogP contribution in [-0.2, 0) is 11.3 Å². The molecule has 0 aliphatic carbocycles. The Bertz CT molecular complexity index is 540. The molecule has 19 heavy (non-hydrogen) atoms. The van der Waals surface area contributed by atoms with Gasteiger partial charge in [-0.2, -0.15) is 0 Å². The van der Waals surface area contributed by atoms with E-state index in [9.17, 15) is 4.39 Å². The number of oxazole rings is 1. The average molecular weight is 264 g/mol. The van der Waals surface area contributed by atoms with Gasteiger partial charge in [-0.05, 0) is 18.6 Å². The number of methoxy groups -OCH3 is 1. The monoisotopic (exact) mass is 264 g/mol. The normalized spacial score (nSPS) is 10.9. The molecule has 0 spiro atoms. The lowest BCUT2D eigenvalue weighted by Gasteiger charge is -2.02. The number of nitrogens with zero attached hydrogens (tertiary/aromatic N) is 1. The molecule has 0 aliphatic rings. The van der Waals surface area contributed by atoms with Crippen molar-refractivity contribution in [2.45, 2.75) is 13.5 Å². The molecule has 0 atom stereocenters. The first kappa shape index (κ1) is 13.7. The Labute approximate surface area is 111 Å². The summed E-state index contributed by atoms with van der Waals surface area (Å²) in [4.78, 5) is 4.12. The third-order valence-electron chi connectivity index (χ3n) is 2.77. The van der Waals surface area contributed by atoms with Crippen LogP contribution in [0.25, 0.3) is 11.3 Å². The predicted molar refractivity (Wildman–Crippen MR) is 70.2 cm³/mol. The molecule has 0 amide bonds. The Hall–Kier alpha value is -1.72. The summed E-state index contributed by atoms with van der Waals surface area (Å²) in [6.07, 6.45) is 1.55. The second-order valence-electron chi connectivity index (χ2n) is 4.22. The van der Waals surface area contributed by atoms with E-state index in [2.05, 4.69) is 10.3 Å². The lowest BCUT2D eigenvalue weighted by Crippen LogP contribution is -2.18. The molecule has 102 valence electrons. The molecule has 0 bridgehead atoms. The zero-order valence-corrected chi connectivity index (χ0v) is 11.1. The average Bonchev–Trinajstić information content (AvgIpc) is 2.87. The molecule has 1 heterocycles. The third kappa shape index (κ3) is 3.39. The fourth-order valence-corrected chi connectivity index (χ4v) is 1.72. The summed E-state index contributed by atoms with van der Waals surface area (Å²) in [5.74, 6) is 0.717. The maximum atomic E-state index is 13.9. The molecule has 0 saturated heterocycles. The minimum absolute atomic E-state index is 0.266. The van der Waals surface area contributed by atoms with Crippen LogP contribution in [0.2, 0.25) is 0 Å². The van der Waals surface area contributed by atoms with Gasteiger partial charge < -0.3 is 14.5 Å². The van der Waals surface area contributed by atoms with Crippen molar-refractivity contribution in [3.05, 3.63) is 41.7 Å². The Balaban J connectivity index is 2.06. The standard InChI is InChI=1S/C14H17FN2O2/c1-10-4-3-5-11(14(10)15)12-8-17-13(19-12)9-16-6-7-18-2/h3-5,8,16H,6-7,9H2,1-2H3. The quantitative estimate of drug-likeness (QED) is 0.814. The van der Waals surface area contributed by atoms with Crippen molar-refractivity contribution < 1.29 is 13.5 Å². The maximum Gasteiger partial charge on any atom is 0.208 e. The van der Waals surface area contributed by atoms with Gasteiger partial charge in [0, 0.05) is 13.7 Å². The van der Waals surface area contributed by atoms with Crippen LogP contribution < -0.4 is 5.32 Å². The van der Waals surface area contributed by atoms with Gasteiger partial charge in [0.1, 0.15) is 5.82 Å². The Morgan fingerprint density at radius 1 is 1.42 bits per heavy atom. The highest BCUT2D eigenvalue weighted by atomic mass is 19.1. The Morgan fingerprint density at radius 2 is 2.26 bits per heavy atom. The van der Waals surface area contributed by atoms with E-state index in [1.807, 2.05) is 0 Å². The van der Waals surface area contributed by atoms with Crippen molar-refractivity contribution in [1.82, 2.24) is 10.3 Å². The molecule has 4 nitrogen and oxygen atoms in total. The van der Waals surface area contributed by atoms with Crippen LogP contribution in [0.4, 0.5) is 4.39 Å². The lowest BCUT2D eigenvalue weighted by atomic mass is 10.1. The highest BCUT2D eigenvalue weighted by molar-refractivity contribution is 5.58. The van der Waals surface area contributed by atoms with Crippen LogP contribution in [0.15, 0.2) is 28.8 Å². The summed E-state index contributed by atoms with van der Waals surface area (Å²) in [6, 6.07) is 5.21. The third-order valence-corrected chi connectivity index (χ3v) is 2.77. The molecule has 2 rings (SSSR count). The lowest BCUT2D eigenvalue weighted by molar-refractivity contribution is 0.198. The summed E-state index contributed by atoms with van der Waals surface area (Å²) in [7, 11) is 1.64. The first-order valence-corrected chi connectivity index (χ1v) is 6.12. The van der Waals surface area contributed by atoms with Crippen LogP contribution in [0.1, 0.15) is 11.5 Å². The van der Waals surface area contributed by atoms with Gasteiger partial charge in [-0.15, -0.1) is 0 Å². The van der Waals surface area contributed by atoms with E-state index in [1.54, 1.807) is 38.4 Å². The van der Waals surface area contributed by atoms with E-state index in [0.29, 0.717) is 42.5 Å². The van der Waals surface area contributed by atoms with Crippen molar-refractivity contribution in [1.29, 1.82) is 0 Å². The number of rotatable bonds is 6. The summed E-state index contributed by atoms with van der Waals surface area (Å²) in [6.45, 7) is 3.56. The number of aryl methyl sites for hydroxylation is 1. The van der Waals surface area contributed by atoms with E-state index >= 15 is 0 Å². The van der Waals surface area contributed by atoms with E-state index in [0.717, 1.165) is 0 Å². The van der Waals surface area contributed by atoms with Gasteiger partial charge >= 0.3 is 0 Å². The van der Waals surface area contributed by atoms with Crippen molar-refractivity contribution >= 4 is 0 Å². The summed E-state index contributed by atoms with van der Waals surface area (Å²) in [5, 5.41) is 3.12. The maximum absolute atomic E-state index is 13.9. The highest BCUT2D eigenvalue weighted by Crippen LogP contribution is 2.25. The number of benzene rings is 1. The first-order chi connectivity index (χ1) is 9.22. The van der Waals surface area contributed by atoms with Crippen LogP contribution in [0.3, 0.4) is 0 Å². The van der Waals surface area contributed by atoms with E-state index in [4.69, 9.17) is 9.15 Å². The molecule has 0 saturated carbocycles. The number of hydrogen-bond acceptors (Lipinski definition) is 4. The Morgan fingerprint density at radius 3 is 3.05 bits per heavy atom. The van der Waals surface area contributed by atoms with Gasteiger partial charge in [0.2, 0.25) is 5.89 Å². The zero-order chi connectivity index (χ0) is 13.7. The molecule has 0 unspecified atom stereocenters. The fourth-order valence-electron chi connectivity index (χ4n) is 1.72. The first-order valence-electron chi connectivity index (χ1n) is 6.12. The molecular formula is C14H17FN2O2. The largest absolute Gasteiger partial charge is 0.439 e. The molecule has 1 N–H and O–H groups in total. The summed E-state index contributed by atoms with van der Waals surface area (Å²) in [5.41, 5.74) is 1.03. The van der Waals surface area contributed by atoms with Gasteiger partial charge in [0.05, 0.1) is 24.9 Å². The van der Waals surface area contributed by atoms with Crippen LogP contribution in [0, 0.1) is 12.7 Å². The molecule has 0 aliphatic heterocycles. The minimum Gasteiger partial charge on any atom is -0.439 e. The van der Waals surface area contributed by atoms with E-state index in [-0.39, 0.29) is 5.82 Å². The van der Waals surface area contributed by atoms with Gasteiger partial charge in [-0.3, -0.25) is 0 Å². The fraction of sp³-hybridized carbons (Fsp3) is 0.357. The molecular weight excluding hydrogens is 247 g/mol. The van der Waals surface area contributed by atoms with Gasteiger partial charge in [0.15, 0.2) is 5.76 Å². The van der Waals surface area contributed by atoms with Gasteiger partial charge in [-0.25, -0.2) is 9.37 Å². The number of halogens is 1. The summed E-state index contributed by atoms with van der Waals surface area (Å²) < 4.78 is 24.4. The van der Waals surface area contributed by atoms with Crippen molar-refractivity contribution in [3.63, 3.8) is 0 Å². The van der Waals surface area contributed by atoms with Gasteiger partial charge in [0.25, 0.3) is 0 Å². The van der Waals surface area contributed by atoms with Crippen molar-refractivity contribution in [3.8, 4) is 11.3 Å². The number of nitrogens with one attached hydrogen (secondary N) is 1. The molecule has 5 heteroatoms. The number of ether oxygens (including phenoxy) is 1. The Kier molecular flexibility index (Phi) is 4.65. The highest BCUT2D eigenvalue weighted by Gasteiger charge is 2.12. The van der Waals surface area contributed by atoms with Crippen molar-refractivity contribution in [2.24, 2.45) is 0 Å². The predicted octanol–water partition coefficient (Wildman–Crippen LogP) is 2.53.